The summed E-state index contributed by atoms with van der Waals surface area (Å²) in [6, 6.07) is 13.2. The van der Waals surface area contributed by atoms with E-state index in [1.165, 1.54) is 9.47 Å². The summed E-state index contributed by atoms with van der Waals surface area (Å²) in [5.41, 5.74) is 5.40. The average Bonchev–Trinajstić information content (AvgIpc) is 2.82. The molecule has 0 fully saturated rings. The van der Waals surface area contributed by atoms with Crippen molar-refractivity contribution >= 4 is 34.1 Å². The molecule has 0 saturated heterocycles. The molecule has 0 saturated carbocycles. The Balaban J connectivity index is 1.76. The minimum atomic E-state index is -0.700. The molecule has 0 spiro atoms. The lowest BCUT2D eigenvalue weighted by molar-refractivity contribution is -0.118. The van der Waals surface area contributed by atoms with E-state index >= 15 is 0 Å². The van der Waals surface area contributed by atoms with Crippen LogP contribution in [0.3, 0.4) is 0 Å². The Kier molecular flexibility index (Phi) is 8.46. The van der Waals surface area contributed by atoms with E-state index in [0.29, 0.717) is 18.5 Å². The minimum absolute atomic E-state index is 0.0265. The van der Waals surface area contributed by atoms with Crippen LogP contribution in [0.4, 0.5) is 11.5 Å². The van der Waals surface area contributed by atoms with Crippen molar-refractivity contribution in [1.82, 2.24) is 14.9 Å². The first-order valence-electron chi connectivity index (χ1n) is 11.9. The van der Waals surface area contributed by atoms with Crippen LogP contribution in [0.5, 0.6) is 0 Å². The topological polar surface area (TPSA) is 130 Å². The number of nitrogens with zero attached hydrogens (tertiary/aromatic N) is 2. The number of carbonyl (C=O) groups excluding carboxylic acids is 2. The van der Waals surface area contributed by atoms with Crippen molar-refractivity contribution < 1.29 is 9.59 Å². The van der Waals surface area contributed by atoms with Crippen molar-refractivity contribution in [2.45, 2.75) is 46.6 Å². The van der Waals surface area contributed by atoms with Gasteiger partial charge in [0.2, 0.25) is 5.91 Å². The molecule has 1 aromatic heterocycles. The van der Waals surface area contributed by atoms with Gasteiger partial charge >= 0.3 is 5.69 Å². The number of amides is 2. The molecular weight excluding hydrogens is 446 g/mol. The van der Waals surface area contributed by atoms with Gasteiger partial charge in [0.15, 0.2) is 5.69 Å². The van der Waals surface area contributed by atoms with Gasteiger partial charge in [-0.05, 0) is 35.2 Å². The first-order valence-corrected chi connectivity index (χ1v) is 11.9. The van der Waals surface area contributed by atoms with Crippen LogP contribution < -0.4 is 27.2 Å². The molecule has 2 aromatic carbocycles. The molecule has 3 aromatic rings. The van der Waals surface area contributed by atoms with Crippen molar-refractivity contribution in [3.63, 3.8) is 0 Å². The number of fused-ring (bicyclic) bond motifs is 1. The van der Waals surface area contributed by atoms with Gasteiger partial charge in [-0.2, -0.15) is 0 Å². The summed E-state index contributed by atoms with van der Waals surface area (Å²) in [6.45, 7) is 6.49. The maximum Gasteiger partial charge on any atom is 0.330 e. The van der Waals surface area contributed by atoms with Crippen LogP contribution in [0.25, 0.3) is 10.8 Å². The number of H-pyrrole nitrogens is 1. The fourth-order valence-electron chi connectivity index (χ4n) is 3.91. The van der Waals surface area contributed by atoms with E-state index in [9.17, 15) is 19.2 Å². The Morgan fingerprint density at radius 3 is 2.51 bits per heavy atom. The van der Waals surface area contributed by atoms with Gasteiger partial charge in [-0.3, -0.25) is 23.9 Å². The van der Waals surface area contributed by atoms with Gasteiger partial charge in [0.1, 0.15) is 5.82 Å². The van der Waals surface area contributed by atoms with E-state index in [4.69, 9.17) is 5.73 Å². The molecule has 1 heterocycles. The Labute approximate surface area is 203 Å². The van der Waals surface area contributed by atoms with Crippen molar-refractivity contribution in [1.29, 1.82) is 0 Å². The van der Waals surface area contributed by atoms with Crippen LogP contribution in [0.1, 0.15) is 50.4 Å². The molecule has 35 heavy (non-hydrogen) atoms. The Hall–Kier alpha value is -3.88. The lowest BCUT2D eigenvalue weighted by Gasteiger charge is -2.26. The number of benzene rings is 2. The lowest BCUT2D eigenvalue weighted by Crippen LogP contribution is -2.43. The third kappa shape index (κ3) is 6.17. The smallest absolute Gasteiger partial charge is 0.330 e. The molecule has 4 N–H and O–H groups in total. The molecule has 0 bridgehead atoms. The Bertz CT molecular complexity index is 1330. The number of aromatic amines is 1. The highest BCUT2D eigenvalue weighted by molar-refractivity contribution is 5.99. The number of unbranched alkanes of at least 4 members (excludes halogenated alkanes) is 1. The summed E-state index contributed by atoms with van der Waals surface area (Å²) in [5.74, 6) is -0.637. The average molecular weight is 480 g/mol. The van der Waals surface area contributed by atoms with E-state index in [1.54, 1.807) is 12.1 Å². The molecule has 3 rings (SSSR count). The zero-order valence-corrected chi connectivity index (χ0v) is 20.5. The number of anilines is 2. The van der Waals surface area contributed by atoms with Crippen molar-refractivity contribution in [2.75, 3.05) is 23.7 Å². The standard InChI is InChI=1S/C26H33N5O4/c1-4-5-14-30-23(27)22(25(34)29-26(30)35)31(16-17(2)3)21(32)12-13-28-24(33)20-11-10-18-8-6-7-9-19(18)15-20/h6-11,15,17H,4-5,12-14,16,27H2,1-3H3,(H,28,33)(H,29,34,35). The van der Waals surface area contributed by atoms with Crippen LogP contribution in [0, 0.1) is 5.92 Å². The molecule has 0 radical (unpaired) electrons. The van der Waals surface area contributed by atoms with Crippen molar-refractivity contribution in [3.8, 4) is 0 Å². The van der Waals surface area contributed by atoms with Gasteiger partial charge in [0.05, 0.1) is 0 Å². The van der Waals surface area contributed by atoms with Crippen LogP contribution >= 0.6 is 0 Å². The third-order valence-electron chi connectivity index (χ3n) is 5.70. The van der Waals surface area contributed by atoms with E-state index in [-0.39, 0.29) is 48.7 Å². The van der Waals surface area contributed by atoms with Crippen LogP contribution in [0.15, 0.2) is 52.1 Å². The number of aromatic nitrogens is 2. The molecule has 0 atom stereocenters. The number of nitrogens with two attached hydrogens (primary N) is 1. The fourth-order valence-corrected chi connectivity index (χ4v) is 3.91. The normalized spacial score (nSPS) is 11.1. The zero-order chi connectivity index (χ0) is 25.5. The molecule has 2 amide bonds. The number of hydrogen-bond acceptors (Lipinski definition) is 5. The minimum Gasteiger partial charge on any atom is -0.383 e. The van der Waals surface area contributed by atoms with Gasteiger partial charge in [-0.25, -0.2) is 4.79 Å². The second-order valence-corrected chi connectivity index (χ2v) is 8.96. The first kappa shape index (κ1) is 25.7. The van der Waals surface area contributed by atoms with Crippen LogP contribution in [0.2, 0.25) is 0 Å². The van der Waals surface area contributed by atoms with Gasteiger partial charge in [-0.15, -0.1) is 0 Å². The predicted octanol–water partition coefficient (Wildman–Crippen LogP) is 2.88. The number of nitrogen functional groups attached to an aromatic ring is 1. The quantitative estimate of drug-likeness (QED) is 0.412. The third-order valence-corrected chi connectivity index (χ3v) is 5.70. The maximum atomic E-state index is 13.2. The maximum absolute atomic E-state index is 13.2. The molecular formula is C26H33N5O4. The van der Waals surface area contributed by atoms with Gasteiger partial charge in [-0.1, -0.05) is 57.5 Å². The second kappa shape index (κ2) is 11.5. The number of hydrogen-bond donors (Lipinski definition) is 3. The van der Waals surface area contributed by atoms with Gasteiger partial charge in [0, 0.05) is 31.6 Å². The number of nitrogens with one attached hydrogen (secondary N) is 2. The summed E-state index contributed by atoms with van der Waals surface area (Å²) in [6.07, 6.45) is 1.51. The SMILES string of the molecule is CCCCn1c(N)c(N(CC(C)C)C(=O)CCNC(=O)c2ccc3ccccc3c2)c(=O)[nH]c1=O. The molecule has 9 heteroatoms. The summed E-state index contributed by atoms with van der Waals surface area (Å²) in [5, 5.41) is 4.76. The molecule has 0 unspecified atom stereocenters. The van der Waals surface area contributed by atoms with Crippen molar-refractivity contribution in [2.24, 2.45) is 5.92 Å². The molecule has 0 aliphatic rings. The molecule has 9 nitrogen and oxygen atoms in total. The summed E-state index contributed by atoms with van der Waals surface area (Å²) >= 11 is 0. The van der Waals surface area contributed by atoms with Crippen LogP contribution in [-0.2, 0) is 11.3 Å². The number of rotatable bonds is 10. The summed E-state index contributed by atoms with van der Waals surface area (Å²) < 4.78 is 1.29. The highest BCUT2D eigenvalue weighted by Gasteiger charge is 2.25. The lowest BCUT2D eigenvalue weighted by atomic mass is 10.1. The molecule has 186 valence electrons. The zero-order valence-electron chi connectivity index (χ0n) is 20.5. The largest absolute Gasteiger partial charge is 0.383 e. The van der Waals surface area contributed by atoms with E-state index in [2.05, 4.69) is 10.3 Å². The first-order chi connectivity index (χ1) is 16.7. The van der Waals surface area contributed by atoms with E-state index in [0.717, 1.165) is 17.2 Å². The summed E-state index contributed by atoms with van der Waals surface area (Å²) in [7, 11) is 0. The number of carbonyl (C=O) groups is 2. The summed E-state index contributed by atoms with van der Waals surface area (Å²) in [4.78, 5) is 54.4. The Morgan fingerprint density at radius 1 is 1.11 bits per heavy atom. The predicted molar refractivity (Wildman–Crippen MR) is 139 cm³/mol. The van der Waals surface area contributed by atoms with Gasteiger partial charge in [0.25, 0.3) is 11.5 Å². The second-order valence-electron chi connectivity index (χ2n) is 8.96. The van der Waals surface area contributed by atoms with E-state index in [1.807, 2.05) is 51.1 Å². The Morgan fingerprint density at radius 2 is 1.83 bits per heavy atom. The molecule has 0 aliphatic carbocycles. The van der Waals surface area contributed by atoms with Gasteiger partial charge < -0.3 is 16.0 Å². The fraction of sp³-hybridized carbons (Fsp3) is 0.385. The van der Waals surface area contributed by atoms with Crippen LogP contribution in [-0.4, -0.2) is 34.5 Å². The highest BCUT2D eigenvalue weighted by atomic mass is 16.2. The molecule has 0 aliphatic heterocycles. The monoisotopic (exact) mass is 479 g/mol. The van der Waals surface area contributed by atoms with Crippen molar-refractivity contribution in [3.05, 3.63) is 68.9 Å². The highest BCUT2D eigenvalue weighted by Crippen LogP contribution is 2.20. The van der Waals surface area contributed by atoms with E-state index < -0.39 is 11.2 Å².